The molecular weight excluding hydrogens is 492 g/mol. The number of carbonyl (C=O) groups excluding carboxylic acids is 2. The summed E-state index contributed by atoms with van der Waals surface area (Å²) in [6.07, 6.45) is -0.741. The molecule has 6 rings (SSSR count). The molecule has 3 aliphatic rings. The summed E-state index contributed by atoms with van der Waals surface area (Å²) < 4.78 is 23.7. The molecule has 0 spiro atoms. The monoisotopic (exact) mass is 520 g/mol. The third-order valence-electron chi connectivity index (χ3n) is 8.14. The molecule has 1 aromatic carbocycles. The molecule has 0 aliphatic carbocycles. The maximum atomic E-state index is 13.9. The van der Waals surface area contributed by atoms with Crippen molar-refractivity contribution in [1.82, 2.24) is 9.55 Å². The summed E-state index contributed by atoms with van der Waals surface area (Å²) in [4.78, 5) is 43.5. The van der Waals surface area contributed by atoms with Crippen LogP contribution in [0.5, 0.6) is 11.5 Å². The van der Waals surface area contributed by atoms with Crippen LogP contribution in [-0.2, 0) is 37.8 Å². The Labute approximate surface area is 218 Å². The molecule has 0 bridgehead atoms. The van der Waals surface area contributed by atoms with Gasteiger partial charge >= 0.3 is 11.9 Å². The number of aromatic nitrogens is 2. The molecule has 3 aromatic rings. The van der Waals surface area contributed by atoms with E-state index >= 15 is 0 Å². The topological polar surface area (TPSA) is 126 Å². The first kappa shape index (κ1) is 24.4. The Bertz CT molecular complexity index is 1580. The van der Waals surface area contributed by atoms with Gasteiger partial charge in [-0.2, -0.15) is 0 Å². The predicted molar refractivity (Wildman–Crippen MR) is 135 cm³/mol. The van der Waals surface area contributed by atoms with Gasteiger partial charge in [-0.3, -0.25) is 14.4 Å². The Morgan fingerprint density at radius 3 is 2.61 bits per heavy atom. The van der Waals surface area contributed by atoms with Crippen molar-refractivity contribution in [3.8, 4) is 22.9 Å². The van der Waals surface area contributed by atoms with Crippen molar-refractivity contribution in [3.63, 3.8) is 0 Å². The van der Waals surface area contributed by atoms with Crippen LogP contribution in [0.25, 0.3) is 22.3 Å². The first-order chi connectivity index (χ1) is 18.1. The van der Waals surface area contributed by atoms with E-state index in [4.69, 9.17) is 23.9 Å². The number of ether oxygens (including phenoxy) is 4. The SMILES string of the molecule is CCC1(O)c2cc3n(c(=O)c2COC(=O)C(C)C(OC(C)=O)C1C)Cc1cc2cc4c(cc2nc1-3)OCO4. The van der Waals surface area contributed by atoms with Gasteiger partial charge in [0.05, 0.1) is 40.5 Å². The van der Waals surface area contributed by atoms with E-state index < -0.39 is 35.5 Å². The fraction of sp³-hybridized carbons (Fsp3) is 0.429. The van der Waals surface area contributed by atoms with E-state index in [9.17, 15) is 19.5 Å². The lowest BCUT2D eigenvalue weighted by molar-refractivity contribution is -0.170. The number of aliphatic hydroxyl groups is 1. The number of hydrogen-bond donors (Lipinski definition) is 1. The minimum atomic E-state index is -1.59. The molecule has 10 heteroatoms. The summed E-state index contributed by atoms with van der Waals surface area (Å²) in [5.74, 6) is -1.48. The van der Waals surface area contributed by atoms with Gasteiger partial charge < -0.3 is 28.6 Å². The molecule has 0 fully saturated rings. The van der Waals surface area contributed by atoms with Gasteiger partial charge in [-0.25, -0.2) is 4.98 Å². The van der Waals surface area contributed by atoms with E-state index in [0.717, 1.165) is 10.9 Å². The van der Waals surface area contributed by atoms with Crippen LogP contribution >= 0.6 is 0 Å². The second-order valence-electron chi connectivity index (χ2n) is 10.2. The summed E-state index contributed by atoms with van der Waals surface area (Å²) >= 11 is 0. The van der Waals surface area contributed by atoms with Gasteiger partial charge in [0.15, 0.2) is 11.5 Å². The lowest BCUT2D eigenvalue weighted by Gasteiger charge is -2.39. The maximum absolute atomic E-state index is 13.9. The number of pyridine rings is 2. The van der Waals surface area contributed by atoms with Gasteiger partial charge in [-0.1, -0.05) is 13.8 Å². The number of nitrogens with zero attached hydrogens (tertiary/aromatic N) is 2. The van der Waals surface area contributed by atoms with Crippen LogP contribution in [0, 0.1) is 11.8 Å². The Morgan fingerprint density at radius 1 is 1.16 bits per heavy atom. The van der Waals surface area contributed by atoms with Crippen molar-refractivity contribution in [3.05, 3.63) is 51.3 Å². The molecule has 3 aliphatic heterocycles. The Morgan fingerprint density at radius 2 is 1.89 bits per heavy atom. The van der Waals surface area contributed by atoms with Crippen LogP contribution in [-0.4, -0.2) is 39.5 Å². The van der Waals surface area contributed by atoms with E-state index in [2.05, 4.69) is 0 Å². The average molecular weight is 521 g/mol. The van der Waals surface area contributed by atoms with Crippen molar-refractivity contribution in [1.29, 1.82) is 0 Å². The van der Waals surface area contributed by atoms with E-state index in [0.29, 0.717) is 34.0 Å². The van der Waals surface area contributed by atoms with Crippen LogP contribution in [0.2, 0.25) is 0 Å². The number of benzene rings is 1. The average Bonchev–Trinajstić information content (AvgIpc) is 3.50. The molecule has 4 atom stereocenters. The predicted octanol–water partition coefficient (Wildman–Crippen LogP) is 3.01. The smallest absolute Gasteiger partial charge is 0.312 e. The molecule has 1 N–H and O–H groups in total. The van der Waals surface area contributed by atoms with Gasteiger partial charge in [0.1, 0.15) is 12.7 Å². The molecule has 0 amide bonds. The molecule has 5 heterocycles. The van der Waals surface area contributed by atoms with Gasteiger partial charge in [0.25, 0.3) is 5.56 Å². The third-order valence-corrected chi connectivity index (χ3v) is 8.14. The van der Waals surface area contributed by atoms with Crippen molar-refractivity contribution >= 4 is 22.8 Å². The number of rotatable bonds is 2. The Kier molecular flexibility index (Phi) is 5.50. The summed E-state index contributed by atoms with van der Waals surface area (Å²) in [5.41, 5.74) is 1.33. The van der Waals surface area contributed by atoms with Gasteiger partial charge in [0, 0.05) is 29.9 Å². The fourth-order valence-electron chi connectivity index (χ4n) is 5.96. The van der Waals surface area contributed by atoms with Gasteiger partial charge in [-0.15, -0.1) is 0 Å². The van der Waals surface area contributed by atoms with E-state index in [1.54, 1.807) is 31.4 Å². The molecule has 4 unspecified atom stereocenters. The van der Waals surface area contributed by atoms with Crippen LogP contribution in [0.15, 0.2) is 29.1 Å². The third kappa shape index (κ3) is 3.50. The molecule has 10 nitrogen and oxygen atoms in total. The molecule has 0 saturated heterocycles. The highest BCUT2D eigenvalue weighted by molar-refractivity contribution is 5.87. The zero-order valence-corrected chi connectivity index (χ0v) is 21.6. The minimum absolute atomic E-state index is 0.154. The Hall–Kier alpha value is -3.92. The van der Waals surface area contributed by atoms with Crippen molar-refractivity contribution in [2.45, 2.75) is 59.0 Å². The van der Waals surface area contributed by atoms with E-state index in [1.807, 2.05) is 18.2 Å². The zero-order chi connectivity index (χ0) is 26.9. The summed E-state index contributed by atoms with van der Waals surface area (Å²) in [7, 11) is 0. The quantitative estimate of drug-likeness (QED) is 0.397. The van der Waals surface area contributed by atoms with E-state index in [1.165, 1.54) is 6.92 Å². The molecule has 198 valence electrons. The normalized spacial score (nSPS) is 25.5. The standard InChI is InChI=1S/C28H28N2O8/c1-5-28(34)14(3)25(38-15(4)31)13(2)27(33)35-11-18-19(28)8-21-24-17(10-30(21)26(18)32)6-16-7-22-23(37-12-36-22)9-20(16)29-24/h6-9,13-14,25,34H,5,10-12H2,1-4H3. The second kappa shape index (κ2) is 8.56. The summed E-state index contributed by atoms with van der Waals surface area (Å²) in [5, 5.41) is 13.0. The lowest BCUT2D eigenvalue weighted by atomic mass is 9.73. The summed E-state index contributed by atoms with van der Waals surface area (Å²) in [6, 6.07) is 7.42. The van der Waals surface area contributed by atoms with Gasteiger partial charge in [0.2, 0.25) is 6.79 Å². The van der Waals surface area contributed by atoms with Crippen LogP contribution in [0.3, 0.4) is 0 Å². The van der Waals surface area contributed by atoms with Crippen molar-refractivity contribution < 1.29 is 33.6 Å². The number of fused-ring (bicyclic) bond motifs is 6. The fourth-order valence-corrected chi connectivity index (χ4v) is 5.96. The maximum Gasteiger partial charge on any atom is 0.312 e. The van der Waals surface area contributed by atoms with Crippen LogP contribution in [0.4, 0.5) is 0 Å². The zero-order valence-electron chi connectivity index (χ0n) is 21.6. The number of cyclic esters (lactones) is 1. The van der Waals surface area contributed by atoms with Crippen molar-refractivity contribution in [2.24, 2.45) is 11.8 Å². The molecule has 0 saturated carbocycles. The van der Waals surface area contributed by atoms with Crippen molar-refractivity contribution in [2.75, 3.05) is 6.79 Å². The first-order valence-corrected chi connectivity index (χ1v) is 12.7. The first-order valence-electron chi connectivity index (χ1n) is 12.7. The lowest BCUT2D eigenvalue weighted by Crippen LogP contribution is -2.46. The highest BCUT2D eigenvalue weighted by Gasteiger charge is 2.47. The Balaban J connectivity index is 1.55. The molecule has 2 aromatic heterocycles. The molecule has 0 radical (unpaired) electrons. The highest BCUT2D eigenvalue weighted by Crippen LogP contribution is 2.44. The van der Waals surface area contributed by atoms with E-state index in [-0.39, 0.29) is 37.5 Å². The van der Waals surface area contributed by atoms with Gasteiger partial charge in [-0.05, 0) is 37.1 Å². The number of hydrogen-bond acceptors (Lipinski definition) is 9. The number of esters is 2. The van der Waals surface area contributed by atoms with Crippen LogP contribution in [0.1, 0.15) is 50.8 Å². The second-order valence-corrected chi connectivity index (χ2v) is 10.2. The van der Waals surface area contributed by atoms with Crippen LogP contribution < -0.4 is 15.0 Å². The highest BCUT2D eigenvalue weighted by atomic mass is 16.7. The summed E-state index contributed by atoms with van der Waals surface area (Å²) in [6.45, 7) is 6.52. The molecule has 38 heavy (non-hydrogen) atoms. The number of carbonyl (C=O) groups is 2. The molecular formula is C28H28N2O8. The largest absolute Gasteiger partial charge is 0.461 e. The minimum Gasteiger partial charge on any atom is -0.461 e.